The Labute approximate surface area is 136 Å². The zero-order valence-corrected chi connectivity index (χ0v) is 14.4. The van der Waals surface area contributed by atoms with E-state index in [1.807, 2.05) is 24.3 Å². The maximum Gasteiger partial charge on any atom is 0.255 e. The molecule has 2 nitrogen and oxygen atoms in total. The summed E-state index contributed by atoms with van der Waals surface area (Å²) in [5.41, 5.74) is 0.870. The fourth-order valence-corrected chi connectivity index (χ4v) is 3.58. The van der Waals surface area contributed by atoms with Crippen LogP contribution in [-0.4, -0.2) is 23.4 Å². The van der Waals surface area contributed by atoms with Gasteiger partial charge in [0.15, 0.2) is 0 Å². The third kappa shape index (κ3) is 3.96. The van der Waals surface area contributed by atoms with Crippen molar-refractivity contribution in [1.29, 1.82) is 0 Å². The third-order valence-electron chi connectivity index (χ3n) is 4.13. The molecule has 0 atom stereocenters. The minimum atomic E-state index is 0.232. The predicted molar refractivity (Wildman–Crippen MR) is 92.0 cm³/mol. The van der Waals surface area contributed by atoms with Crippen LogP contribution in [0.2, 0.25) is 0 Å². The molecule has 1 amide bonds. The number of carbonyl (C=O) groups is 1. The van der Waals surface area contributed by atoms with E-state index in [2.05, 4.69) is 34.4 Å². The van der Waals surface area contributed by atoms with Crippen LogP contribution in [0.3, 0.4) is 0 Å². The molecule has 1 aliphatic rings. The van der Waals surface area contributed by atoms with E-state index < -0.39 is 0 Å². The first-order valence-corrected chi connectivity index (χ1v) is 8.87. The van der Waals surface area contributed by atoms with E-state index in [1.54, 1.807) is 0 Å². The summed E-state index contributed by atoms with van der Waals surface area (Å²) in [6.07, 6.45) is 8.47. The summed E-state index contributed by atoms with van der Waals surface area (Å²) in [5.74, 6) is 0.232. The minimum absolute atomic E-state index is 0.232. The Kier molecular flexibility index (Phi) is 6.33. The van der Waals surface area contributed by atoms with Crippen molar-refractivity contribution in [2.75, 3.05) is 6.54 Å². The lowest BCUT2D eigenvalue weighted by Crippen LogP contribution is -2.42. The largest absolute Gasteiger partial charge is 0.336 e. The molecule has 0 aromatic heterocycles. The van der Waals surface area contributed by atoms with Gasteiger partial charge in [0.05, 0.1) is 5.56 Å². The lowest BCUT2D eigenvalue weighted by Gasteiger charge is -2.34. The van der Waals surface area contributed by atoms with Crippen LogP contribution in [0, 0.1) is 3.57 Å². The highest BCUT2D eigenvalue weighted by atomic mass is 127. The quantitative estimate of drug-likeness (QED) is 0.663. The van der Waals surface area contributed by atoms with E-state index in [9.17, 15) is 4.79 Å². The number of nitrogens with zero attached hydrogens (tertiary/aromatic N) is 1. The highest BCUT2D eigenvalue weighted by Crippen LogP contribution is 2.25. The fraction of sp³-hybridized carbons (Fsp3) is 0.588. The monoisotopic (exact) mass is 385 g/mol. The van der Waals surface area contributed by atoms with Gasteiger partial charge in [-0.15, -0.1) is 0 Å². The highest BCUT2D eigenvalue weighted by Gasteiger charge is 2.26. The van der Waals surface area contributed by atoms with Gasteiger partial charge in [-0.3, -0.25) is 4.79 Å². The Morgan fingerprint density at radius 1 is 1.25 bits per heavy atom. The Hall–Kier alpha value is -0.580. The van der Waals surface area contributed by atoms with Gasteiger partial charge < -0.3 is 4.90 Å². The first kappa shape index (κ1) is 15.8. The Morgan fingerprint density at radius 3 is 2.60 bits per heavy atom. The second kappa shape index (κ2) is 8.01. The molecule has 1 saturated carbocycles. The first-order valence-electron chi connectivity index (χ1n) is 7.79. The number of carbonyl (C=O) groups excluding carboxylic acids is 1. The molecule has 2 rings (SSSR count). The van der Waals surface area contributed by atoms with Crippen LogP contribution in [0.4, 0.5) is 0 Å². The van der Waals surface area contributed by atoms with Crippen molar-refractivity contribution in [3.63, 3.8) is 0 Å². The smallest absolute Gasteiger partial charge is 0.255 e. The zero-order chi connectivity index (χ0) is 14.4. The molecule has 0 N–H and O–H groups in total. The lowest BCUT2D eigenvalue weighted by atomic mass is 9.93. The average molecular weight is 385 g/mol. The zero-order valence-electron chi connectivity index (χ0n) is 12.3. The van der Waals surface area contributed by atoms with Gasteiger partial charge >= 0.3 is 0 Å². The molecule has 0 saturated heterocycles. The van der Waals surface area contributed by atoms with E-state index in [0.717, 1.165) is 28.5 Å². The van der Waals surface area contributed by atoms with Gasteiger partial charge in [-0.1, -0.05) is 44.7 Å². The molecule has 0 spiro atoms. The standard InChI is InChI=1S/C17H24INO/c1-2-3-13-19(14-9-5-4-6-10-14)17(20)15-11-7-8-12-16(15)18/h7-8,11-12,14H,2-6,9-10,13H2,1H3. The normalized spacial score (nSPS) is 16.1. The lowest BCUT2D eigenvalue weighted by molar-refractivity contribution is 0.0629. The molecule has 20 heavy (non-hydrogen) atoms. The Balaban J connectivity index is 2.16. The van der Waals surface area contributed by atoms with Crippen LogP contribution in [-0.2, 0) is 0 Å². The van der Waals surface area contributed by atoms with Crippen molar-refractivity contribution in [1.82, 2.24) is 4.90 Å². The summed E-state index contributed by atoms with van der Waals surface area (Å²) in [5, 5.41) is 0. The molecule has 3 heteroatoms. The number of amides is 1. The van der Waals surface area contributed by atoms with Crippen molar-refractivity contribution in [2.24, 2.45) is 0 Å². The van der Waals surface area contributed by atoms with E-state index >= 15 is 0 Å². The van der Waals surface area contributed by atoms with Gasteiger partial charge in [-0.25, -0.2) is 0 Å². The minimum Gasteiger partial charge on any atom is -0.336 e. The molecular weight excluding hydrogens is 361 g/mol. The summed E-state index contributed by atoms with van der Waals surface area (Å²) in [6, 6.07) is 8.40. The SMILES string of the molecule is CCCCN(C(=O)c1ccccc1I)C1CCCCC1. The molecule has 1 aromatic carbocycles. The van der Waals surface area contributed by atoms with Gasteiger partial charge in [0, 0.05) is 16.2 Å². The first-order chi connectivity index (χ1) is 9.74. The molecule has 1 aliphatic carbocycles. The topological polar surface area (TPSA) is 20.3 Å². The Morgan fingerprint density at radius 2 is 1.95 bits per heavy atom. The molecule has 110 valence electrons. The van der Waals surface area contributed by atoms with Gasteiger partial charge in [-0.05, 0) is 54.0 Å². The third-order valence-corrected chi connectivity index (χ3v) is 5.07. The van der Waals surface area contributed by atoms with Crippen LogP contribution < -0.4 is 0 Å². The Bertz CT molecular complexity index is 440. The van der Waals surface area contributed by atoms with Crippen molar-refractivity contribution < 1.29 is 4.79 Å². The number of halogens is 1. The molecule has 0 heterocycles. The van der Waals surface area contributed by atoms with Crippen molar-refractivity contribution >= 4 is 28.5 Å². The number of rotatable bonds is 5. The summed E-state index contributed by atoms with van der Waals surface area (Å²) in [7, 11) is 0. The second-order valence-corrected chi connectivity index (χ2v) is 6.79. The molecule has 0 bridgehead atoms. The van der Waals surface area contributed by atoms with Crippen molar-refractivity contribution in [3.05, 3.63) is 33.4 Å². The molecule has 1 fully saturated rings. The number of benzene rings is 1. The summed E-state index contributed by atoms with van der Waals surface area (Å²) < 4.78 is 1.06. The van der Waals surface area contributed by atoms with E-state index in [-0.39, 0.29) is 5.91 Å². The van der Waals surface area contributed by atoms with Gasteiger partial charge in [0.25, 0.3) is 5.91 Å². The summed E-state index contributed by atoms with van der Waals surface area (Å²) in [4.78, 5) is 15.0. The summed E-state index contributed by atoms with van der Waals surface area (Å²) >= 11 is 2.27. The number of hydrogen-bond donors (Lipinski definition) is 0. The van der Waals surface area contributed by atoms with E-state index in [0.29, 0.717) is 6.04 Å². The number of hydrogen-bond acceptors (Lipinski definition) is 1. The molecular formula is C17H24INO. The van der Waals surface area contributed by atoms with Gasteiger partial charge in [0.1, 0.15) is 0 Å². The maximum atomic E-state index is 12.9. The van der Waals surface area contributed by atoms with E-state index in [4.69, 9.17) is 0 Å². The molecule has 1 aromatic rings. The van der Waals surface area contributed by atoms with Crippen molar-refractivity contribution in [2.45, 2.75) is 57.9 Å². The predicted octanol–water partition coefficient (Wildman–Crippen LogP) is 4.87. The van der Waals surface area contributed by atoms with Gasteiger partial charge in [-0.2, -0.15) is 0 Å². The molecule has 0 radical (unpaired) electrons. The van der Waals surface area contributed by atoms with E-state index in [1.165, 1.54) is 32.1 Å². The van der Waals surface area contributed by atoms with Crippen LogP contribution in [0.15, 0.2) is 24.3 Å². The van der Waals surface area contributed by atoms with Crippen LogP contribution in [0.25, 0.3) is 0 Å². The number of unbranched alkanes of at least 4 members (excludes halogenated alkanes) is 1. The molecule has 0 aliphatic heterocycles. The second-order valence-electron chi connectivity index (χ2n) is 5.62. The average Bonchev–Trinajstić information content (AvgIpc) is 2.49. The molecule has 0 unspecified atom stereocenters. The highest BCUT2D eigenvalue weighted by molar-refractivity contribution is 14.1. The van der Waals surface area contributed by atoms with Crippen molar-refractivity contribution in [3.8, 4) is 0 Å². The van der Waals surface area contributed by atoms with Crippen LogP contribution >= 0.6 is 22.6 Å². The maximum absolute atomic E-state index is 12.9. The van der Waals surface area contributed by atoms with Crippen LogP contribution in [0.1, 0.15) is 62.2 Å². The van der Waals surface area contributed by atoms with Gasteiger partial charge in [0.2, 0.25) is 0 Å². The summed E-state index contributed by atoms with van der Waals surface area (Å²) in [6.45, 7) is 3.10. The van der Waals surface area contributed by atoms with Crippen LogP contribution in [0.5, 0.6) is 0 Å². The fourth-order valence-electron chi connectivity index (χ4n) is 2.96.